The molecule has 138 valence electrons. The second-order valence-corrected chi connectivity index (χ2v) is 7.51. The van der Waals surface area contributed by atoms with Crippen LogP contribution in [0.5, 0.6) is 0 Å². The van der Waals surface area contributed by atoms with E-state index in [2.05, 4.69) is 10.4 Å². The minimum absolute atomic E-state index is 0.0760. The van der Waals surface area contributed by atoms with Gasteiger partial charge in [-0.05, 0) is 25.0 Å². The molecule has 2 aromatic heterocycles. The third-order valence-electron chi connectivity index (χ3n) is 5.85. The Labute approximate surface area is 156 Å². The first-order chi connectivity index (χ1) is 13.2. The molecule has 6 heteroatoms. The maximum Gasteiger partial charge on any atom is 0.226 e. The molecule has 0 bridgehead atoms. The summed E-state index contributed by atoms with van der Waals surface area (Å²) in [6, 6.07) is 7.52. The number of rotatable bonds is 2. The van der Waals surface area contributed by atoms with Crippen LogP contribution in [0.25, 0.3) is 11.0 Å². The van der Waals surface area contributed by atoms with Gasteiger partial charge in [0.25, 0.3) is 0 Å². The van der Waals surface area contributed by atoms with Crippen LogP contribution >= 0.6 is 0 Å². The Morgan fingerprint density at radius 1 is 1.07 bits per heavy atom. The molecule has 6 nitrogen and oxygen atoms in total. The van der Waals surface area contributed by atoms with Crippen molar-refractivity contribution in [3.8, 4) is 0 Å². The summed E-state index contributed by atoms with van der Waals surface area (Å²) < 4.78 is 7.65. The fourth-order valence-electron chi connectivity index (χ4n) is 4.45. The van der Waals surface area contributed by atoms with Crippen molar-refractivity contribution < 1.29 is 9.21 Å². The lowest BCUT2D eigenvalue weighted by Crippen LogP contribution is -2.28. The first kappa shape index (κ1) is 16.3. The lowest BCUT2D eigenvalue weighted by molar-refractivity contribution is -0.116. The van der Waals surface area contributed by atoms with Gasteiger partial charge >= 0.3 is 0 Å². The van der Waals surface area contributed by atoms with Crippen molar-refractivity contribution in [1.82, 2.24) is 9.78 Å². The van der Waals surface area contributed by atoms with E-state index in [1.807, 2.05) is 23.0 Å². The molecule has 0 saturated heterocycles. The number of carbonyl (C=O) groups is 1. The Bertz CT molecular complexity index is 1080. The van der Waals surface area contributed by atoms with Gasteiger partial charge in [-0.15, -0.1) is 0 Å². The van der Waals surface area contributed by atoms with E-state index in [0.717, 1.165) is 24.2 Å². The van der Waals surface area contributed by atoms with E-state index in [9.17, 15) is 9.59 Å². The van der Waals surface area contributed by atoms with Crippen LogP contribution in [-0.4, -0.2) is 15.7 Å². The van der Waals surface area contributed by atoms with Gasteiger partial charge < -0.3 is 9.73 Å². The van der Waals surface area contributed by atoms with Crippen LogP contribution in [0.2, 0.25) is 0 Å². The highest BCUT2D eigenvalue weighted by atomic mass is 16.3. The Morgan fingerprint density at radius 3 is 2.74 bits per heavy atom. The number of nitrogens with one attached hydrogen (secondary N) is 1. The smallest absolute Gasteiger partial charge is 0.226 e. The van der Waals surface area contributed by atoms with Crippen molar-refractivity contribution in [1.29, 1.82) is 0 Å². The molecular formula is C21H21N3O3. The SMILES string of the molecule is O=C1CC(c2coc3ccccc3c2=O)c2cnn(C3CCCCC3)c2N1. The van der Waals surface area contributed by atoms with E-state index in [1.165, 1.54) is 25.5 Å². The largest absolute Gasteiger partial charge is 0.464 e. The zero-order chi connectivity index (χ0) is 18.4. The summed E-state index contributed by atoms with van der Waals surface area (Å²) in [5, 5.41) is 8.13. The number of hydrogen-bond donors (Lipinski definition) is 1. The topological polar surface area (TPSA) is 77.1 Å². The highest BCUT2D eigenvalue weighted by Gasteiger charge is 2.33. The normalized spacial score (nSPS) is 20.4. The number of hydrogen-bond acceptors (Lipinski definition) is 4. The van der Waals surface area contributed by atoms with Gasteiger partial charge in [-0.3, -0.25) is 9.59 Å². The summed E-state index contributed by atoms with van der Waals surface area (Å²) in [7, 11) is 0. The van der Waals surface area contributed by atoms with E-state index >= 15 is 0 Å². The summed E-state index contributed by atoms with van der Waals surface area (Å²) in [6.07, 6.45) is 9.33. The van der Waals surface area contributed by atoms with Gasteiger partial charge in [0.15, 0.2) is 5.43 Å². The van der Waals surface area contributed by atoms with E-state index in [0.29, 0.717) is 22.6 Å². The average Bonchev–Trinajstić information content (AvgIpc) is 3.12. The highest BCUT2D eigenvalue weighted by Crippen LogP contribution is 2.39. The second-order valence-electron chi connectivity index (χ2n) is 7.51. The summed E-state index contributed by atoms with van der Waals surface area (Å²) in [5.41, 5.74) is 1.91. The molecular weight excluding hydrogens is 342 g/mol. The number of aromatic nitrogens is 2. The number of para-hydroxylation sites is 1. The first-order valence-corrected chi connectivity index (χ1v) is 9.60. The number of nitrogens with zero attached hydrogens (tertiary/aromatic N) is 2. The molecule has 2 aliphatic rings. The molecule has 1 atom stereocenters. The Balaban J connectivity index is 1.61. The average molecular weight is 363 g/mol. The van der Waals surface area contributed by atoms with Crippen LogP contribution in [0.3, 0.4) is 0 Å². The molecule has 1 aliphatic heterocycles. The standard InChI is InChI=1S/C21H21N3O3/c25-19-10-15(17-12-27-18-9-5-4-8-14(18)20(17)26)16-11-22-24(21(16)23-19)13-6-2-1-3-7-13/h4-5,8-9,11-13,15H,1-3,6-7,10H2,(H,23,25). The van der Waals surface area contributed by atoms with E-state index in [4.69, 9.17) is 4.42 Å². The molecule has 3 aromatic rings. The lowest BCUT2D eigenvalue weighted by atomic mass is 9.87. The first-order valence-electron chi connectivity index (χ1n) is 9.60. The molecule has 1 amide bonds. The molecule has 3 heterocycles. The summed E-state index contributed by atoms with van der Waals surface area (Å²) >= 11 is 0. The van der Waals surface area contributed by atoms with Crippen LogP contribution in [0.4, 0.5) is 5.82 Å². The molecule has 1 unspecified atom stereocenters. The second kappa shape index (κ2) is 6.37. The Hall–Kier alpha value is -2.89. The van der Waals surface area contributed by atoms with Crippen LogP contribution in [0, 0.1) is 0 Å². The fourth-order valence-corrected chi connectivity index (χ4v) is 4.45. The molecule has 27 heavy (non-hydrogen) atoms. The van der Waals surface area contributed by atoms with Crippen LogP contribution in [0.15, 0.2) is 45.9 Å². The van der Waals surface area contributed by atoms with Crippen molar-refractivity contribution in [3.63, 3.8) is 0 Å². The summed E-state index contributed by atoms with van der Waals surface area (Å²) in [5.74, 6) is 0.334. The molecule has 1 N–H and O–H groups in total. The molecule has 0 radical (unpaired) electrons. The predicted molar refractivity (Wildman–Crippen MR) is 102 cm³/mol. The van der Waals surface area contributed by atoms with E-state index in [-0.39, 0.29) is 23.7 Å². The van der Waals surface area contributed by atoms with Crippen molar-refractivity contribution in [2.24, 2.45) is 0 Å². The number of carbonyl (C=O) groups excluding carboxylic acids is 1. The van der Waals surface area contributed by atoms with E-state index < -0.39 is 0 Å². The number of amides is 1. The Kier molecular flexibility index (Phi) is 3.85. The van der Waals surface area contributed by atoms with Gasteiger partial charge in [0, 0.05) is 23.5 Å². The zero-order valence-electron chi connectivity index (χ0n) is 15.0. The molecule has 1 aromatic carbocycles. The number of benzene rings is 1. The summed E-state index contributed by atoms with van der Waals surface area (Å²) in [6.45, 7) is 0. The molecule has 1 saturated carbocycles. The highest BCUT2D eigenvalue weighted by molar-refractivity contribution is 5.94. The van der Waals surface area contributed by atoms with Gasteiger partial charge in [-0.25, -0.2) is 4.68 Å². The minimum Gasteiger partial charge on any atom is -0.464 e. The number of anilines is 1. The molecule has 1 aliphatic carbocycles. The van der Waals surface area contributed by atoms with Crippen molar-refractivity contribution in [2.75, 3.05) is 5.32 Å². The predicted octanol–water partition coefficient (Wildman–Crippen LogP) is 3.97. The third-order valence-corrected chi connectivity index (χ3v) is 5.85. The molecule has 5 rings (SSSR count). The lowest BCUT2D eigenvalue weighted by Gasteiger charge is -2.27. The van der Waals surface area contributed by atoms with Crippen molar-refractivity contribution in [2.45, 2.75) is 50.5 Å². The van der Waals surface area contributed by atoms with Crippen LogP contribution in [-0.2, 0) is 4.79 Å². The number of fused-ring (bicyclic) bond motifs is 2. The maximum atomic E-state index is 13.0. The van der Waals surface area contributed by atoms with Gasteiger partial charge in [0.05, 0.1) is 23.9 Å². The van der Waals surface area contributed by atoms with Gasteiger partial charge in [-0.2, -0.15) is 5.10 Å². The monoisotopic (exact) mass is 363 g/mol. The third kappa shape index (κ3) is 2.67. The maximum absolute atomic E-state index is 13.0. The van der Waals surface area contributed by atoms with Crippen molar-refractivity contribution in [3.05, 3.63) is 58.1 Å². The van der Waals surface area contributed by atoms with Gasteiger partial charge in [0.1, 0.15) is 11.4 Å². The Morgan fingerprint density at radius 2 is 1.89 bits per heavy atom. The zero-order valence-corrected chi connectivity index (χ0v) is 15.0. The van der Waals surface area contributed by atoms with E-state index in [1.54, 1.807) is 12.1 Å². The minimum atomic E-state index is -0.327. The van der Waals surface area contributed by atoms with Crippen molar-refractivity contribution >= 4 is 22.7 Å². The van der Waals surface area contributed by atoms with Crippen LogP contribution in [0.1, 0.15) is 61.6 Å². The van der Waals surface area contributed by atoms with Gasteiger partial charge in [0.2, 0.25) is 5.91 Å². The quantitative estimate of drug-likeness (QED) is 0.747. The fraction of sp³-hybridized carbons (Fsp3) is 0.381. The molecule has 1 fully saturated rings. The molecule has 0 spiro atoms. The van der Waals surface area contributed by atoms with Crippen LogP contribution < -0.4 is 10.7 Å². The van der Waals surface area contributed by atoms with Gasteiger partial charge in [-0.1, -0.05) is 31.4 Å². The summed E-state index contributed by atoms with van der Waals surface area (Å²) in [4.78, 5) is 25.5.